The van der Waals surface area contributed by atoms with Crippen molar-refractivity contribution in [1.82, 2.24) is 9.80 Å². The number of benzene rings is 1. The Balaban J connectivity index is 1.39. The van der Waals surface area contributed by atoms with Crippen LogP contribution in [0.2, 0.25) is 0 Å². The first-order valence-corrected chi connectivity index (χ1v) is 9.97. The molecule has 3 aliphatic rings. The van der Waals surface area contributed by atoms with E-state index in [2.05, 4.69) is 34.1 Å². The van der Waals surface area contributed by atoms with Gasteiger partial charge in [0.1, 0.15) is 0 Å². The Morgan fingerprint density at radius 2 is 1.84 bits per heavy atom. The molecular formula is C21H31N3O. The van der Waals surface area contributed by atoms with Crippen LogP contribution in [0.15, 0.2) is 24.3 Å². The lowest BCUT2D eigenvalue weighted by Gasteiger charge is -2.48. The lowest BCUT2D eigenvalue weighted by Crippen LogP contribution is -2.54. The smallest absolute Gasteiger partial charge is 0.222 e. The lowest BCUT2D eigenvalue weighted by atomic mass is 9.73. The second kappa shape index (κ2) is 7.08. The second-order valence-electron chi connectivity index (χ2n) is 8.42. The van der Waals surface area contributed by atoms with Crippen LogP contribution in [0.4, 0.5) is 0 Å². The first kappa shape index (κ1) is 17.0. The zero-order valence-corrected chi connectivity index (χ0v) is 15.3. The Kier molecular flexibility index (Phi) is 4.83. The predicted octanol–water partition coefficient (Wildman–Crippen LogP) is 2.55. The fourth-order valence-corrected chi connectivity index (χ4v) is 4.78. The maximum atomic E-state index is 12.3. The maximum Gasteiger partial charge on any atom is 0.222 e. The summed E-state index contributed by atoms with van der Waals surface area (Å²) in [5, 5.41) is 0. The maximum absolute atomic E-state index is 12.3. The molecule has 1 unspecified atom stereocenters. The number of likely N-dealkylation sites (tertiary alicyclic amines) is 2. The number of hydrogen-bond donors (Lipinski definition) is 1. The van der Waals surface area contributed by atoms with Crippen molar-refractivity contribution >= 4 is 5.91 Å². The molecule has 1 aromatic carbocycles. The summed E-state index contributed by atoms with van der Waals surface area (Å²) in [6.45, 7) is 5.08. The van der Waals surface area contributed by atoms with Gasteiger partial charge in [-0.15, -0.1) is 0 Å². The Hall–Kier alpha value is -1.39. The van der Waals surface area contributed by atoms with Crippen molar-refractivity contribution in [2.24, 2.45) is 11.1 Å². The molecule has 2 heterocycles. The van der Waals surface area contributed by atoms with Crippen LogP contribution in [-0.2, 0) is 17.8 Å². The highest BCUT2D eigenvalue weighted by atomic mass is 16.2. The number of carbonyl (C=O) groups excluding carboxylic acids is 1. The molecule has 0 radical (unpaired) electrons. The van der Waals surface area contributed by atoms with E-state index < -0.39 is 0 Å². The topological polar surface area (TPSA) is 49.6 Å². The van der Waals surface area contributed by atoms with Crippen LogP contribution in [0.1, 0.15) is 49.7 Å². The van der Waals surface area contributed by atoms with E-state index in [0.29, 0.717) is 23.9 Å². The Bertz CT molecular complexity index is 610. The third-order valence-corrected chi connectivity index (χ3v) is 6.29. The summed E-state index contributed by atoms with van der Waals surface area (Å²) in [6, 6.07) is 9.52. The number of carbonyl (C=O) groups is 1. The third-order valence-electron chi connectivity index (χ3n) is 6.29. The lowest BCUT2D eigenvalue weighted by molar-refractivity contribution is -0.140. The summed E-state index contributed by atoms with van der Waals surface area (Å²) in [5.74, 6) is 0.403. The highest BCUT2D eigenvalue weighted by molar-refractivity contribution is 5.78. The van der Waals surface area contributed by atoms with Crippen molar-refractivity contribution in [2.45, 2.75) is 57.5 Å². The first-order valence-electron chi connectivity index (χ1n) is 9.97. The monoisotopic (exact) mass is 341 g/mol. The van der Waals surface area contributed by atoms with Crippen LogP contribution in [0.3, 0.4) is 0 Å². The molecule has 2 aliphatic heterocycles. The second-order valence-corrected chi connectivity index (χ2v) is 8.42. The standard InChI is InChI=1S/C21H31N3O/c22-12-9-17-2-4-18(5-3-17)14-23-13-1-10-21(15-23)11-8-20(25)24(16-21)19-6-7-19/h2-5,19H,1,6-16,22H2. The van der Waals surface area contributed by atoms with Crippen molar-refractivity contribution in [3.63, 3.8) is 0 Å². The summed E-state index contributed by atoms with van der Waals surface area (Å²) in [5.41, 5.74) is 8.70. The van der Waals surface area contributed by atoms with Gasteiger partial charge in [-0.3, -0.25) is 9.69 Å². The van der Waals surface area contributed by atoms with E-state index in [0.717, 1.165) is 38.9 Å². The molecule has 136 valence electrons. The van der Waals surface area contributed by atoms with Gasteiger partial charge in [-0.25, -0.2) is 0 Å². The molecule has 25 heavy (non-hydrogen) atoms. The van der Waals surface area contributed by atoms with E-state index in [9.17, 15) is 4.79 Å². The third kappa shape index (κ3) is 3.90. The van der Waals surface area contributed by atoms with E-state index in [1.54, 1.807) is 0 Å². The van der Waals surface area contributed by atoms with E-state index in [1.165, 1.54) is 43.4 Å². The van der Waals surface area contributed by atoms with Gasteiger partial charge in [-0.05, 0) is 62.7 Å². The van der Waals surface area contributed by atoms with Gasteiger partial charge >= 0.3 is 0 Å². The van der Waals surface area contributed by atoms with Crippen LogP contribution >= 0.6 is 0 Å². The molecule has 0 bridgehead atoms. The average Bonchev–Trinajstić information content (AvgIpc) is 3.45. The van der Waals surface area contributed by atoms with Crippen molar-refractivity contribution in [3.8, 4) is 0 Å². The molecular weight excluding hydrogens is 310 g/mol. The van der Waals surface area contributed by atoms with Crippen molar-refractivity contribution in [3.05, 3.63) is 35.4 Å². The van der Waals surface area contributed by atoms with Crippen LogP contribution in [0.5, 0.6) is 0 Å². The molecule has 1 aromatic rings. The minimum absolute atomic E-state index is 0.342. The SMILES string of the molecule is NCCc1ccc(CN2CCCC3(CCC(=O)N(C4CC4)C3)C2)cc1. The van der Waals surface area contributed by atoms with Crippen LogP contribution < -0.4 is 5.73 Å². The van der Waals surface area contributed by atoms with Gasteiger partial charge in [0.25, 0.3) is 0 Å². The number of hydrogen-bond acceptors (Lipinski definition) is 3. The van der Waals surface area contributed by atoms with E-state index in [1.807, 2.05) is 0 Å². The van der Waals surface area contributed by atoms with Crippen molar-refractivity contribution in [2.75, 3.05) is 26.2 Å². The number of piperidine rings is 2. The van der Waals surface area contributed by atoms with E-state index in [4.69, 9.17) is 5.73 Å². The Morgan fingerprint density at radius 1 is 1.08 bits per heavy atom. The van der Waals surface area contributed by atoms with Gasteiger partial charge in [-0.1, -0.05) is 24.3 Å². The summed E-state index contributed by atoms with van der Waals surface area (Å²) < 4.78 is 0. The molecule has 4 rings (SSSR count). The van der Waals surface area contributed by atoms with Crippen molar-refractivity contribution in [1.29, 1.82) is 0 Å². The fourth-order valence-electron chi connectivity index (χ4n) is 4.78. The van der Waals surface area contributed by atoms with Gasteiger partial charge in [0.2, 0.25) is 5.91 Å². The number of amides is 1. The van der Waals surface area contributed by atoms with E-state index in [-0.39, 0.29) is 0 Å². The first-order chi connectivity index (χ1) is 12.2. The average molecular weight is 341 g/mol. The van der Waals surface area contributed by atoms with Gasteiger partial charge < -0.3 is 10.6 Å². The molecule has 1 amide bonds. The summed E-state index contributed by atoms with van der Waals surface area (Å²) in [7, 11) is 0. The highest BCUT2D eigenvalue weighted by Crippen LogP contribution is 2.42. The number of rotatable bonds is 5. The molecule has 0 aromatic heterocycles. The summed E-state index contributed by atoms with van der Waals surface area (Å²) in [4.78, 5) is 17.1. The largest absolute Gasteiger partial charge is 0.339 e. The van der Waals surface area contributed by atoms with Crippen molar-refractivity contribution < 1.29 is 4.79 Å². The summed E-state index contributed by atoms with van der Waals surface area (Å²) >= 11 is 0. The quantitative estimate of drug-likeness (QED) is 0.895. The molecule has 4 nitrogen and oxygen atoms in total. The zero-order valence-electron chi connectivity index (χ0n) is 15.3. The van der Waals surface area contributed by atoms with Crippen LogP contribution in [0, 0.1) is 5.41 Å². The van der Waals surface area contributed by atoms with Gasteiger partial charge in [0, 0.05) is 37.5 Å². The van der Waals surface area contributed by atoms with Gasteiger partial charge in [-0.2, -0.15) is 0 Å². The zero-order chi connectivity index (χ0) is 17.3. The fraction of sp³-hybridized carbons (Fsp3) is 0.667. The number of nitrogens with two attached hydrogens (primary N) is 1. The van der Waals surface area contributed by atoms with Gasteiger partial charge in [0.05, 0.1) is 0 Å². The number of nitrogens with zero attached hydrogens (tertiary/aromatic N) is 2. The Morgan fingerprint density at radius 3 is 2.56 bits per heavy atom. The minimum Gasteiger partial charge on any atom is -0.339 e. The molecule has 1 saturated carbocycles. The normalized spacial score (nSPS) is 27.9. The molecule has 3 fully saturated rings. The minimum atomic E-state index is 0.342. The molecule has 1 atom stereocenters. The van der Waals surface area contributed by atoms with E-state index >= 15 is 0 Å². The summed E-state index contributed by atoms with van der Waals surface area (Å²) in [6.07, 6.45) is 7.80. The van der Waals surface area contributed by atoms with Crippen LogP contribution in [0.25, 0.3) is 0 Å². The highest BCUT2D eigenvalue weighted by Gasteiger charge is 2.45. The van der Waals surface area contributed by atoms with Gasteiger partial charge in [0.15, 0.2) is 0 Å². The molecule has 1 spiro atoms. The Labute approximate surface area is 151 Å². The predicted molar refractivity (Wildman–Crippen MR) is 100 cm³/mol. The molecule has 2 saturated heterocycles. The van der Waals surface area contributed by atoms with Crippen LogP contribution in [-0.4, -0.2) is 47.9 Å². The molecule has 1 aliphatic carbocycles. The molecule has 2 N–H and O–H groups in total. The molecule has 4 heteroatoms.